The van der Waals surface area contributed by atoms with Gasteiger partial charge in [-0.25, -0.2) is 15.0 Å². The molecule has 0 spiro atoms. The lowest BCUT2D eigenvalue weighted by Gasteiger charge is -2.35. The van der Waals surface area contributed by atoms with E-state index in [-0.39, 0.29) is 6.10 Å². The Morgan fingerprint density at radius 3 is 2.61 bits per heavy atom. The van der Waals surface area contributed by atoms with E-state index in [1.807, 2.05) is 13.0 Å². The predicted molar refractivity (Wildman–Crippen MR) is 113 cm³/mol. The first kappa shape index (κ1) is 18.8. The largest absolute Gasteiger partial charge is 0.393 e. The third-order valence-electron chi connectivity index (χ3n) is 5.86. The van der Waals surface area contributed by atoms with Gasteiger partial charge >= 0.3 is 0 Å². The van der Waals surface area contributed by atoms with Crippen LogP contribution >= 0.6 is 0 Å². The van der Waals surface area contributed by atoms with Crippen molar-refractivity contribution in [2.24, 2.45) is 5.92 Å². The van der Waals surface area contributed by atoms with Crippen molar-refractivity contribution in [1.29, 1.82) is 0 Å². The Morgan fingerprint density at radius 1 is 1.11 bits per heavy atom. The number of piperidine rings is 1. The van der Waals surface area contributed by atoms with Crippen LogP contribution in [-0.2, 0) is 6.42 Å². The first-order valence-electron chi connectivity index (χ1n) is 10.2. The third-order valence-corrected chi connectivity index (χ3v) is 5.86. The molecule has 1 atom stereocenters. The number of aliphatic hydroxyl groups excluding tert-OH is 1. The Hall–Kier alpha value is -2.53. The Balaban J connectivity index is 1.41. The van der Waals surface area contributed by atoms with Crippen LogP contribution in [-0.4, -0.2) is 39.3 Å². The molecule has 0 amide bonds. The van der Waals surface area contributed by atoms with Crippen molar-refractivity contribution in [2.45, 2.75) is 45.6 Å². The monoisotopic (exact) mass is 376 g/mol. The van der Waals surface area contributed by atoms with Gasteiger partial charge in [-0.2, -0.15) is 0 Å². The molecule has 1 fully saturated rings. The molecule has 3 aromatic rings. The van der Waals surface area contributed by atoms with E-state index in [1.54, 1.807) is 6.33 Å². The lowest BCUT2D eigenvalue weighted by atomic mass is 9.88. The van der Waals surface area contributed by atoms with Gasteiger partial charge in [0.05, 0.1) is 11.5 Å². The smallest absolute Gasteiger partial charge is 0.165 e. The van der Waals surface area contributed by atoms with Gasteiger partial charge in [0.1, 0.15) is 12.1 Å². The Bertz CT molecular complexity index is 936. The molecule has 146 valence electrons. The Labute approximate surface area is 166 Å². The molecular formula is C23H28N4O. The fraction of sp³-hybridized carbons (Fsp3) is 0.435. The predicted octanol–water partition coefficient (Wildman–Crippen LogP) is 3.85. The molecule has 1 aliphatic rings. The molecule has 3 heterocycles. The molecule has 0 bridgehead atoms. The molecule has 0 saturated carbocycles. The van der Waals surface area contributed by atoms with Gasteiger partial charge < -0.3 is 10.0 Å². The van der Waals surface area contributed by atoms with Crippen molar-refractivity contribution in [3.05, 3.63) is 59.5 Å². The molecule has 2 aromatic heterocycles. The van der Waals surface area contributed by atoms with Gasteiger partial charge in [-0.05, 0) is 62.6 Å². The van der Waals surface area contributed by atoms with Gasteiger partial charge in [-0.3, -0.25) is 0 Å². The van der Waals surface area contributed by atoms with Crippen LogP contribution in [0.25, 0.3) is 11.0 Å². The van der Waals surface area contributed by atoms with Crippen LogP contribution < -0.4 is 4.90 Å². The van der Waals surface area contributed by atoms with E-state index in [1.165, 1.54) is 11.1 Å². The number of nitrogens with zero attached hydrogens (tertiary/aromatic N) is 4. The summed E-state index contributed by atoms with van der Waals surface area (Å²) in [7, 11) is 0. The zero-order chi connectivity index (χ0) is 19.5. The SMILES string of the molecule is Cc1cc(C)c2c(N3CCC([C@H](O)CCc4ccccc4)CC3)ncnc2n1. The number of aryl methyl sites for hydroxylation is 3. The highest BCUT2D eigenvalue weighted by Crippen LogP contribution is 2.31. The zero-order valence-electron chi connectivity index (χ0n) is 16.7. The van der Waals surface area contributed by atoms with E-state index in [4.69, 9.17) is 0 Å². The van der Waals surface area contributed by atoms with Gasteiger partial charge in [-0.15, -0.1) is 0 Å². The summed E-state index contributed by atoms with van der Waals surface area (Å²) in [5, 5.41) is 11.7. The lowest BCUT2D eigenvalue weighted by Crippen LogP contribution is -2.38. The van der Waals surface area contributed by atoms with Crippen molar-refractivity contribution >= 4 is 16.9 Å². The summed E-state index contributed by atoms with van der Waals surface area (Å²) in [6.45, 7) is 5.92. The summed E-state index contributed by atoms with van der Waals surface area (Å²) in [6, 6.07) is 12.5. The minimum Gasteiger partial charge on any atom is -0.393 e. The van der Waals surface area contributed by atoms with Crippen molar-refractivity contribution in [1.82, 2.24) is 15.0 Å². The maximum absolute atomic E-state index is 10.7. The van der Waals surface area contributed by atoms with E-state index >= 15 is 0 Å². The van der Waals surface area contributed by atoms with Gasteiger partial charge in [0.2, 0.25) is 0 Å². The van der Waals surface area contributed by atoms with Crippen LogP contribution in [0.15, 0.2) is 42.7 Å². The normalized spacial score (nSPS) is 16.5. The molecule has 28 heavy (non-hydrogen) atoms. The van der Waals surface area contributed by atoms with Crippen LogP contribution in [0.4, 0.5) is 5.82 Å². The highest BCUT2D eigenvalue weighted by molar-refractivity contribution is 5.90. The molecule has 1 saturated heterocycles. The minimum absolute atomic E-state index is 0.240. The molecule has 1 aliphatic heterocycles. The summed E-state index contributed by atoms with van der Waals surface area (Å²) < 4.78 is 0. The minimum atomic E-state index is -0.240. The van der Waals surface area contributed by atoms with Crippen LogP contribution in [0.1, 0.15) is 36.1 Å². The van der Waals surface area contributed by atoms with Crippen molar-refractivity contribution in [2.75, 3.05) is 18.0 Å². The van der Waals surface area contributed by atoms with Gasteiger partial charge in [-0.1, -0.05) is 30.3 Å². The highest BCUT2D eigenvalue weighted by Gasteiger charge is 2.27. The topological polar surface area (TPSA) is 62.1 Å². The lowest BCUT2D eigenvalue weighted by molar-refractivity contribution is 0.0850. The van der Waals surface area contributed by atoms with E-state index in [9.17, 15) is 5.11 Å². The molecule has 4 rings (SSSR count). The number of aromatic nitrogens is 3. The summed E-state index contributed by atoms with van der Waals surface area (Å²) in [5.41, 5.74) is 4.22. The Kier molecular flexibility index (Phi) is 5.53. The van der Waals surface area contributed by atoms with Gasteiger partial charge in [0, 0.05) is 18.8 Å². The number of aliphatic hydroxyl groups is 1. The third kappa shape index (κ3) is 3.99. The van der Waals surface area contributed by atoms with Crippen LogP contribution in [0.2, 0.25) is 0 Å². The number of anilines is 1. The average Bonchev–Trinajstić information content (AvgIpc) is 2.72. The van der Waals surface area contributed by atoms with Crippen molar-refractivity contribution in [3.63, 3.8) is 0 Å². The number of pyridine rings is 1. The second kappa shape index (κ2) is 8.23. The fourth-order valence-electron chi connectivity index (χ4n) is 4.32. The first-order valence-corrected chi connectivity index (χ1v) is 10.2. The molecule has 5 heteroatoms. The van der Waals surface area contributed by atoms with Crippen molar-refractivity contribution in [3.8, 4) is 0 Å². The molecule has 0 radical (unpaired) electrons. The summed E-state index contributed by atoms with van der Waals surface area (Å²) in [4.78, 5) is 15.8. The summed E-state index contributed by atoms with van der Waals surface area (Å²) >= 11 is 0. The van der Waals surface area contributed by atoms with E-state index in [0.29, 0.717) is 5.92 Å². The van der Waals surface area contributed by atoms with Crippen LogP contribution in [0, 0.1) is 19.8 Å². The molecule has 5 nitrogen and oxygen atoms in total. The first-order chi connectivity index (χ1) is 13.6. The van der Waals surface area contributed by atoms with Crippen LogP contribution in [0.3, 0.4) is 0 Å². The summed E-state index contributed by atoms with van der Waals surface area (Å²) in [5.74, 6) is 1.33. The molecule has 0 aliphatic carbocycles. The number of rotatable bonds is 5. The Morgan fingerprint density at radius 2 is 1.86 bits per heavy atom. The number of hydrogen-bond acceptors (Lipinski definition) is 5. The summed E-state index contributed by atoms with van der Waals surface area (Å²) in [6.07, 6.45) is 5.11. The number of benzene rings is 1. The fourth-order valence-corrected chi connectivity index (χ4v) is 4.32. The van der Waals surface area contributed by atoms with E-state index in [0.717, 1.165) is 61.3 Å². The average molecular weight is 377 g/mol. The quantitative estimate of drug-likeness (QED) is 0.733. The zero-order valence-corrected chi connectivity index (χ0v) is 16.7. The number of fused-ring (bicyclic) bond motifs is 1. The maximum atomic E-state index is 10.7. The molecular weight excluding hydrogens is 348 g/mol. The van der Waals surface area contributed by atoms with Crippen molar-refractivity contribution < 1.29 is 5.11 Å². The highest BCUT2D eigenvalue weighted by atomic mass is 16.3. The van der Waals surface area contributed by atoms with E-state index < -0.39 is 0 Å². The van der Waals surface area contributed by atoms with Gasteiger partial charge in [0.15, 0.2) is 5.65 Å². The van der Waals surface area contributed by atoms with Crippen LogP contribution in [0.5, 0.6) is 0 Å². The van der Waals surface area contributed by atoms with E-state index in [2.05, 4.69) is 57.1 Å². The number of hydrogen-bond donors (Lipinski definition) is 1. The molecule has 1 aromatic carbocycles. The standard InChI is InChI=1S/C23H28N4O/c1-16-14-17(2)26-22-21(16)23(25-15-24-22)27-12-10-19(11-13-27)20(28)9-8-18-6-4-3-5-7-18/h3-7,14-15,19-20,28H,8-13H2,1-2H3/t20-/m1/s1. The molecule has 0 unspecified atom stereocenters. The van der Waals surface area contributed by atoms with Gasteiger partial charge in [0.25, 0.3) is 0 Å². The second-order valence-corrected chi connectivity index (χ2v) is 7.89. The molecule has 1 N–H and O–H groups in total. The second-order valence-electron chi connectivity index (χ2n) is 7.89. The maximum Gasteiger partial charge on any atom is 0.165 e.